The molecule has 0 aromatic heterocycles. The van der Waals surface area contributed by atoms with E-state index in [0.29, 0.717) is 5.92 Å². The first-order valence-corrected chi connectivity index (χ1v) is 7.95. The summed E-state index contributed by atoms with van der Waals surface area (Å²) in [7, 11) is 0. The van der Waals surface area contributed by atoms with Crippen LogP contribution in [0, 0.1) is 6.92 Å². The Kier molecular flexibility index (Phi) is 3.19. The van der Waals surface area contributed by atoms with E-state index in [1.54, 1.807) is 11.1 Å². The van der Waals surface area contributed by atoms with Crippen LogP contribution < -0.4 is 10.2 Å². The van der Waals surface area contributed by atoms with Gasteiger partial charge in [-0.3, -0.25) is 0 Å². The highest BCUT2D eigenvalue weighted by molar-refractivity contribution is 5.68. The second-order valence-electron chi connectivity index (χ2n) is 6.32. The summed E-state index contributed by atoms with van der Waals surface area (Å²) in [5, 5.41) is 3.61. The first kappa shape index (κ1) is 12.9. The van der Waals surface area contributed by atoms with Crippen LogP contribution in [0.15, 0.2) is 42.5 Å². The Labute approximate surface area is 126 Å². The van der Waals surface area contributed by atoms with Crippen LogP contribution in [0.2, 0.25) is 0 Å². The number of nitrogens with one attached hydrogen (secondary N) is 1. The van der Waals surface area contributed by atoms with Crippen LogP contribution in [0.1, 0.15) is 28.2 Å². The lowest BCUT2D eigenvalue weighted by molar-refractivity contribution is 0.614. The molecule has 1 N–H and O–H groups in total. The van der Waals surface area contributed by atoms with Gasteiger partial charge in [0, 0.05) is 31.2 Å². The second-order valence-corrected chi connectivity index (χ2v) is 6.32. The van der Waals surface area contributed by atoms with E-state index in [1.807, 2.05) is 0 Å². The van der Waals surface area contributed by atoms with Crippen molar-refractivity contribution in [2.75, 3.05) is 24.5 Å². The summed E-state index contributed by atoms with van der Waals surface area (Å²) in [4.78, 5) is 2.58. The van der Waals surface area contributed by atoms with Gasteiger partial charge in [0.2, 0.25) is 0 Å². The van der Waals surface area contributed by atoms with Crippen molar-refractivity contribution in [1.82, 2.24) is 5.32 Å². The predicted molar refractivity (Wildman–Crippen MR) is 88.0 cm³/mol. The molecule has 21 heavy (non-hydrogen) atoms. The summed E-state index contributed by atoms with van der Waals surface area (Å²) < 4.78 is 0. The monoisotopic (exact) mass is 278 g/mol. The Morgan fingerprint density at radius 3 is 2.86 bits per heavy atom. The maximum absolute atomic E-state index is 3.61. The lowest BCUT2D eigenvalue weighted by Gasteiger charge is -2.22. The summed E-state index contributed by atoms with van der Waals surface area (Å²) >= 11 is 0. The number of hydrogen-bond acceptors (Lipinski definition) is 2. The van der Waals surface area contributed by atoms with Crippen molar-refractivity contribution in [2.45, 2.75) is 25.8 Å². The fourth-order valence-corrected chi connectivity index (χ4v) is 3.91. The van der Waals surface area contributed by atoms with Crippen LogP contribution in [0.4, 0.5) is 5.69 Å². The average Bonchev–Trinajstić information content (AvgIpc) is 2.74. The van der Waals surface area contributed by atoms with E-state index < -0.39 is 0 Å². The van der Waals surface area contributed by atoms with Crippen molar-refractivity contribution in [3.63, 3.8) is 0 Å². The minimum absolute atomic E-state index is 0.654. The molecule has 0 saturated carbocycles. The van der Waals surface area contributed by atoms with Gasteiger partial charge >= 0.3 is 0 Å². The summed E-state index contributed by atoms with van der Waals surface area (Å²) in [5.74, 6) is 0.654. The maximum Gasteiger partial charge on any atom is 0.0438 e. The fraction of sp³-hybridized carbons (Fsp3) is 0.368. The Bertz CT molecular complexity index is 648. The van der Waals surface area contributed by atoms with Crippen LogP contribution in [-0.4, -0.2) is 19.6 Å². The number of benzene rings is 2. The number of aryl methyl sites for hydroxylation is 1. The molecule has 1 atom stereocenters. The van der Waals surface area contributed by atoms with E-state index in [-0.39, 0.29) is 0 Å². The first-order chi connectivity index (χ1) is 10.3. The SMILES string of the molecule is Cc1ccc2c3c1N(Cc1ccccc1)C[C@@H]3CNCC2. The molecular weight excluding hydrogens is 256 g/mol. The highest BCUT2D eigenvalue weighted by Gasteiger charge is 2.32. The van der Waals surface area contributed by atoms with Gasteiger partial charge in [0.05, 0.1) is 0 Å². The zero-order valence-electron chi connectivity index (χ0n) is 12.6. The highest BCUT2D eigenvalue weighted by atomic mass is 15.2. The summed E-state index contributed by atoms with van der Waals surface area (Å²) in [6, 6.07) is 15.5. The summed E-state index contributed by atoms with van der Waals surface area (Å²) in [5.41, 5.74) is 7.51. The molecule has 2 nitrogen and oxygen atoms in total. The third kappa shape index (κ3) is 2.24. The van der Waals surface area contributed by atoms with Gasteiger partial charge in [0.25, 0.3) is 0 Å². The molecule has 0 saturated heterocycles. The number of rotatable bonds is 2. The van der Waals surface area contributed by atoms with Crippen molar-refractivity contribution in [2.24, 2.45) is 0 Å². The molecule has 0 unspecified atom stereocenters. The van der Waals surface area contributed by atoms with Gasteiger partial charge in [-0.1, -0.05) is 42.5 Å². The second kappa shape index (κ2) is 5.19. The number of anilines is 1. The Balaban J connectivity index is 1.74. The third-order valence-corrected chi connectivity index (χ3v) is 4.85. The van der Waals surface area contributed by atoms with Gasteiger partial charge in [0.1, 0.15) is 0 Å². The first-order valence-electron chi connectivity index (χ1n) is 7.95. The minimum Gasteiger partial charge on any atom is -0.366 e. The minimum atomic E-state index is 0.654. The lowest BCUT2D eigenvalue weighted by atomic mass is 9.93. The Morgan fingerprint density at radius 2 is 2.00 bits per heavy atom. The zero-order chi connectivity index (χ0) is 14.2. The van der Waals surface area contributed by atoms with Crippen molar-refractivity contribution in [1.29, 1.82) is 0 Å². The molecule has 0 bridgehead atoms. The van der Waals surface area contributed by atoms with Crippen LogP contribution in [0.3, 0.4) is 0 Å². The summed E-state index contributed by atoms with van der Waals surface area (Å²) in [6.07, 6.45) is 1.16. The van der Waals surface area contributed by atoms with Crippen LogP contribution in [-0.2, 0) is 13.0 Å². The van der Waals surface area contributed by atoms with Crippen molar-refractivity contribution in [3.05, 3.63) is 64.7 Å². The molecule has 4 rings (SSSR count). The van der Waals surface area contributed by atoms with E-state index in [0.717, 1.165) is 32.6 Å². The molecule has 2 aromatic rings. The zero-order valence-corrected chi connectivity index (χ0v) is 12.6. The molecule has 2 aliphatic heterocycles. The van der Waals surface area contributed by atoms with Gasteiger partial charge < -0.3 is 10.2 Å². The quantitative estimate of drug-likeness (QED) is 0.907. The van der Waals surface area contributed by atoms with Crippen molar-refractivity contribution in [3.8, 4) is 0 Å². The predicted octanol–water partition coefficient (Wildman–Crippen LogP) is 3.24. The van der Waals surface area contributed by atoms with Crippen LogP contribution in [0.25, 0.3) is 0 Å². The molecule has 0 fully saturated rings. The fourth-order valence-electron chi connectivity index (χ4n) is 3.91. The van der Waals surface area contributed by atoms with E-state index >= 15 is 0 Å². The molecule has 0 spiro atoms. The average molecular weight is 278 g/mol. The third-order valence-electron chi connectivity index (χ3n) is 4.85. The van der Waals surface area contributed by atoms with Gasteiger partial charge in [-0.25, -0.2) is 0 Å². The van der Waals surface area contributed by atoms with Crippen molar-refractivity contribution >= 4 is 5.69 Å². The van der Waals surface area contributed by atoms with E-state index in [2.05, 4.69) is 59.6 Å². The Morgan fingerprint density at radius 1 is 1.14 bits per heavy atom. The normalized spacial score (nSPS) is 20.2. The Hall–Kier alpha value is -1.80. The molecular formula is C19H22N2. The smallest absolute Gasteiger partial charge is 0.0438 e. The molecule has 2 heteroatoms. The van der Waals surface area contributed by atoms with E-state index in [4.69, 9.17) is 0 Å². The van der Waals surface area contributed by atoms with Gasteiger partial charge in [-0.15, -0.1) is 0 Å². The highest BCUT2D eigenvalue weighted by Crippen LogP contribution is 2.42. The largest absolute Gasteiger partial charge is 0.366 e. The summed E-state index contributed by atoms with van der Waals surface area (Å²) in [6.45, 7) is 6.66. The molecule has 0 radical (unpaired) electrons. The molecule has 0 amide bonds. The molecule has 108 valence electrons. The lowest BCUT2D eigenvalue weighted by Crippen LogP contribution is -2.27. The maximum atomic E-state index is 3.61. The molecule has 0 aliphatic carbocycles. The van der Waals surface area contributed by atoms with E-state index in [9.17, 15) is 0 Å². The van der Waals surface area contributed by atoms with Gasteiger partial charge in [-0.2, -0.15) is 0 Å². The molecule has 2 aromatic carbocycles. The molecule has 2 aliphatic rings. The van der Waals surface area contributed by atoms with Gasteiger partial charge in [-0.05, 0) is 42.1 Å². The topological polar surface area (TPSA) is 15.3 Å². The van der Waals surface area contributed by atoms with Crippen LogP contribution in [0.5, 0.6) is 0 Å². The van der Waals surface area contributed by atoms with Crippen LogP contribution >= 0.6 is 0 Å². The standard InChI is InChI=1S/C19H22N2/c1-14-7-8-16-9-10-20-11-17-13-21(19(14)18(16)17)12-15-5-3-2-4-6-15/h2-8,17,20H,9-13H2,1H3/t17-/m0/s1. The van der Waals surface area contributed by atoms with Gasteiger partial charge in [0.15, 0.2) is 0 Å². The van der Waals surface area contributed by atoms with E-state index in [1.165, 1.54) is 16.8 Å². The number of hydrogen-bond donors (Lipinski definition) is 1. The molecule has 2 heterocycles. The van der Waals surface area contributed by atoms with Crippen molar-refractivity contribution < 1.29 is 0 Å². The number of nitrogens with zero attached hydrogens (tertiary/aromatic N) is 1.